The number of benzene rings is 2. The molecule has 1 aliphatic rings. The molecule has 1 aromatic heterocycles. The highest BCUT2D eigenvalue weighted by Crippen LogP contribution is 2.40. The Bertz CT molecular complexity index is 1260. The predicted octanol–water partition coefficient (Wildman–Crippen LogP) is 5.32. The number of hydrogen-bond acceptors (Lipinski definition) is 6. The number of rotatable bonds is 7. The van der Waals surface area contributed by atoms with Crippen LogP contribution in [0.4, 0.5) is 0 Å². The summed E-state index contributed by atoms with van der Waals surface area (Å²) in [6.07, 6.45) is 4.83. The molecule has 0 N–H and O–H groups in total. The first kappa shape index (κ1) is 24.4. The normalized spacial score (nSPS) is 16.3. The van der Waals surface area contributed by atoms with E-state index in [-0.39, 0.29) is 17.8 Å². The highest BCUT2D eigenvalue weighted by atomic mass is 16.5. The number of para-hydroxylation sites is 1. The van der Waals surface area contributed by atoms with E-state index in [9.17, 15) is 9.59 Å². The fourth-order valence-corrected chi connectivity index (χ4v) is 4.59. The zero-order valence-corrected chi connectivity index (χ0v) is 20.6. The Balaban J connectivity index is 1.66. The largest absolute Gasteiger partial charge is 0.496 e. The van der Waals surface area contributed by atoms with Gasteiger partial charge in [-0.05, 0) is 44.4 Å². The molecule has 1 aliphatic heterocycles. The maximum Gasteiger partial charge on any atom is 0.310 e. The lowest BCUT2D eigenvalue weighted by molar-refractivity contribution is -0.150. The number of hydrogen-bond donors (Lipinski definition) is 0. The molecule has 3 aromatic rings. The lowest BCUT2D eigenvalue weighted by Crippen LogP contribution is -2.42. The number of nitrogens with zero attached hydrogens (tertiary/aromatic N) is 1. The molecule has 0 radical (unpaired) electrons. The third-order valence-corrected chi connectivity index (χ3v) is 6.41. The summed E-state index contributed by atoms with van der Waals surface area (Å²) in [6, 6.07) is 11.6. The standard InChI is InChI=1S/C28H31NO6/c1-5-34-28(31)19-9-8-12-29(16-19)27(30)13-18(2)21-14-22-23(17-35-26(22)15-25(21)33-4)20-10-6-7-11-24(20)32-3/h6-7,10-11,13-15,17,19H,5,8-9,12,16H2,1-4H3/b18-13+. The number of carbonyl (C=O) groups is 2. The fourth-order valence-electron chi connectivity index (χ4n) is 4.59. The van der Waals surface area contributed by atoms with Gasteiger partial charge in [0.2, 0.25) is 5.91 Å². The first-order valence-corrected chi connectivity index (χ1v) is 11.8. The summed E-state index contributed by atoms with van der Waals surface area (Å²) < 4.78 is 22.2. The summed E-state index contributed by atoms with van der Waals surface area (Å²) in [5.74, 6) is 0.721. The minimum atomic E-state index is -0.276. The number of methoxy groups -OCH3 is 2. The number of amides is 1. The Kier molecular flexibility index (Phi) is 7.44. The van der Waals surface area contributed by atoms with Crippen molar-refractivity contribution in [3.05, 3.63) is 54.3 Å². The van der Waals surface area contributed by atoms with Crippen molar-refractivity contribution in [3.63, 3.8) is 0 Å². The average molecular weight is 478 g/mol. The van der Waals surface area contributed by atoms with Gasteiger partial charge in [-0.25, -0.2) is 0 Å². The van der Waals surface area contributed by atoms with Crippen molar-refractivity contribution >= 4 is 28.4 Å². The van der Waals surface area contributed by atoms with Crippen LogP contribution in [0.25, 0.3) is 27.7 Å². The molecule has 1 amide bonds. The molecule has 0 saturated carbocycles. The summed E-state index contributed by atoms with van der Waals surface area (Å²) in [5.41, 5.74) is 4.05. The number of carbonyl (C=O) groups excluding carboxylic acids is 2. The highest BCUT2D eigenvalue weighted by Gasteiger charge is 2.29. The van der Waals surface area contributed by atoms with Gasteiger partial charge in [0, 0.05) is 47.3 Å². The smallest absolute Gasteiger partial charge is 0.310 e. The van der Waals surface area contributed by atoms with Crippen molar-refractivity contribution in [2.24, 2.45) is 5.92 Å². The van der Waals surface area contributed by atoms with Gasteiger partial charge in [-0.2, -0.15) is 0 Å². The van der Waals surface area contributed by atoms with Crippen molar-refractivity contribution in [1.29, 1.82) is 0 Å². The van der Waals surface area contributed by atoms with Gasteiger partial charge in [0.1, 0.15) is 17.1 Å². The maximum atomic E-state index is 13.1. The Morgan fingerprint density at radius 2 is 1.89 bits per heavy atom. The van der Waals surface area contributed by atoms with Gasteiger partial charge in [-0.3, -0.25) is 9.59 Å². The van der Waals surface area contributed by atoms with Crippen LogP contribution in [0.5, 0.6) is 11.5 Å². The third-order valence-electron chi connectivity index (χ3n) is 6.41. The van der Waals surface area contributed by atoms with Crippen LogP contribution < -0.4 is 9.47 Å². The van der Waals surface area contributed by atoms with E-state index in [1.54, 1.807) is 38.4 Å². The van der Waals surface area contributed by atoms with Crippen molar-refractivity contribution in [2.75, 3.05) is 33.9 Å². The minimum absolute atomic E-state index is 0.129. The summed E-state index contributed by atoms with van der Waals surface area (Å²) in [6.45, 7) is 5.01. The predicted molar refractivity (Wildman–Crippen MR) is 134 cm³/mol. The van der Waals surface area contributed by atoms with Gasteiger partial charge in [-0.1, -0.05) is 18.2 Å². The first-order chi connectivity index (χ1) is 17.0. The van der Waals surface area contributed by atoms with Gasteiger partial charge in [0.25, 0.3) is 0 Å². The lowest BCUT2D eigenvalue weighted by Gasteiger charge is -2.31. The summed E-state index contributed by atoms with van der Waals surface area (Å²) >= 11 is 0. The number of esters is 1. The van der Waals surface area contributed by atoms with E-state index in [1.807, 2.05) is 43.3 Å². The Hall–Kier alpha value is -3.74. The Morgan fingerprint density at radius 1 is 1.11 bits per heavy atom. The number of ether oxygens (including phenoxy) is 3. The second-order valence-corrected chi connectivity index (χ2v) is 8.60. The summed E-state index contributed by atoms with van der Waals surface area (Å²) in [5, 5.41) is 0.894. The van der Waals surface area contributed by atoms with Crippen LogP contribution in [0, 0.1) is 5.92 Å². The molecule has 4 rings (SSSR count). The first-order valence-electron chi connectivity index (χ1n) is 11.8. The van der Waals surface area contributed by atoms with E-state index >= 15 is 0 Å². The van der Waals surface area contributed by atoms with E-state index in [0.717, 1.165) is 46.2 Å². The van der Waals surface area contributed by atoms with Crippen molar-refractivity contribution in [2.45, 2.75) is 26.7 Å². The quantitative estimate of drug-likeness (QED) is 0.338. The highest BCUT2D eigenvalue weighted by molar-refractivity contribution is 6.01. The fraction of sp³-hybridized carbons (Fsp3) is 0.357. The summed E-state index contributed by atoms with van der Waals surface area (Å²) in [4.78, 5) is 27.0. The van der Waals surface area contributed by atoms with E-state index in [2.05, 4.69) is 0 Å². The molecule has 0 bridgehead atoms. The number of piperidine rings is 1. The van der Waals surface area contributed by atoms with Crippen LogP contribution in [0.2, 0.25) is 0 Å². The topological polar surface area (TPSA) is 78.2 Å². The molecule has 1 atom stereocenters. The molecule has 1 fully saturated rings. The summed E-state index contributed by atoms with van der Waals surface area (Å²) in [7, 11) is 3.24. The van der Waals surface area contributed by atoms with Crippen LogP contribution in [0.1, 0.15) is 32.3 Å². The number of fused-ring (bicyclic) bond motifs is 1. The van der Waals surface area contributed by atoms with Crippen LogP contribution >= 0.6 is 0 Å². The number of furan rings is 1. The van der Waals surface area contributed by atoms with Crippen molar-refractivity contribution < 1.29 is 28.2 Å². The average Bonchev–Trinajstić information content (AvgIpc) is 3.30. The van der Waals surface area contributed by atoms with E-state index in [1.165, 1.54) is 0 Å². The van der Waals surface area contributed by atoms with E-state index < -0.39 is 0 Å². The Morgan fingerprint density at radius 3 is 2.63 bits per heavy atom. The molecule has 35 heavy (non-hydrogen) atoms. The zero-order chi connectivity index (χ0) is 24.9. The monoisotopic (exact) mass is 477 g/mol. The van der Waals surface area contributed by atoms with Crippen LogP contribution in [-0.4, -0.2) is 50.7 Å². The van der Waals surface area contributed by atoms with Crippen molar-refractivity contribution in [1.82, 2.24) is 4.90 Å². The molecule has 1 saturated heterocycles. The van der Waals surface area contributed by atoms with Crippen molar-refractivity contribution in [3.8, 4) is 22.6 Å². The van der Waals surface area contributed by atoms with Crippen LogP contribution in [0.15, 0.2) is 53.2 Å². The SMILES string of the molecule is CCOC(=O)C1CCCN(C(=O)/C=C(\C)c2cc3c(-c4ccccc4OC)coc3cc2OC)C1. The molecule has 7 heteroatoms. The lowest BCUT2D eigenvalue weighted by atomic mass is 9.97. The minimum Gasteiger partial charge on any atom is -0.496 e. The van der Waals surface area contributed by atoms with Crippen LogP contribution in [0.3, 0.4) is 0 Å². The molecule has 0 spiro atoms. The van der Waals surface area contributed by atoms with Gasteiger partial charge in [-0.15, -0.1) is 0 Å². The van der Waals surface area contributed by atoms with Gasteiger partial charge < -0.3 is 23.5 Å². The van der Waals surface area contributed by atoms with E-state index in [0.29, 0.717) is 31.0 Å². The molecule has 1 unspecified atom stereocenters. The molecule has 184 valence electrons. The molecule has 2 heterocycles. The molecule has 7 nitrogen and oxygen atoms in total. The molecular weight excluding hydrogens is 446 g/mol. The molecule has 2 aromatic carbocycles. The molecular formula is C28H31NO6. The zero-order valence-electron chi connectivity index (χ0n) is 20.6. The maximum absolute atomic E-state index is 13.1. The third kappa shape index (κ3) is 5.04. The number of likely N-dealkylation sites (tertiary alicyclic amines) is 1. The van der Waals surface area contributed by atoms with Gasteiger partial charge in [0.05, 0.1) is 33.0 Å². The Labute approximate surface area is 205 Å². The second kappa shape index (κ2) is 10.7. The van der Waals surface area contributed by atoms with Gasteiger partial charge in [0.15, 0.2) is 0 Å². The number of allylic oxidation sites excluding steroid dienone is 1. The second-order valence-electron chi connectivity index (χ2n) is 8.60. The van der Waals surface area contributed by atoms with Gasteiger partial charge >= 0.3 is 5.97 Å². The van der Waals surface area contributed by atoms with Crippen LogP contribution in [-0.2, 0) is 14.3 Å². The molecule has 0 aliphatic carbocycles. The van der Waals surface area contributed by atoms with E-state index in [4.69, 9.17) is 18.6 Å².